The zero-order chi connectivity index (χ0) is 14.3. The topological polar surface area (TPSA) is 37.6 Å². The highest BCUT2D eigenvalue weighted by Crippen LogP contribution is 2.24. The first-order chi connectivity index (χ1) is 9.59. The van der Waals surface area contributed by atoms with Crippen LogP contribution in [0.1, 0.15) is 11.3 Å². The van der Waals surface area contributed by atoms with Crippen LogP contribution in [-0.4, -0.2) is 31.8 Å². The number of aryl methyl sites for hydroxylation is 1. The smallest absolute Gasteiger partial charge is 0.259 e. The molecular weight excluding hydrogens is 290 g/mol. The van der Waals surface area contributed by atoms with Crippen molar-refractivity contribution < 1.29 is 4.79 Å². The molecule has 1 aliphatic rings. The molecule has 3 rings (SSSR count). The molecule has 1 saturated heterocycles. The van der Waals surface area contributed by atoms with Gasteiger partial charge in [-0.2, -0.15) is 10.1 Å². The molecule has 0 aliphatic carbocycles. The van der Waals surface area contributed by atoms with Crippen LogP contribution in [0.2, 0.25) is 0 Å². The third-order valence-electron chi connectivity index (χ3n) is 3.48. The van der Waals surface area contributed by atoms with Gasteiger partial charge in [-0.25, -0.2) is 0 Å². The summed E-state index contributed by atoms with van der Waals surface area (Å²) in [5, 5.41) is 6.70. The minimum atomic E-state index is -0.0610. The summed E-state index contributed by atoms with van der Waals surface area (Å²) in [5.74, 6) is 0.319. The summed E-state index contributed by atoms with van der Waals surface area (Å²) in [7, 11) is 2.02. The molecule has 0 unspecified atom stereocenters. The maximum absolute atomic E-state index is 11.7. The van der Waals surface area contributed by atoms with Gasteiger partial charge in [0.15, 0.2) is 4.32 Å². The van der Waals surface area contributed by atoms with Gasteiger partial charge in [0.05, 0.1) is 12.0 Å². The monoisotopic (exact) mass is 303 g/mol. The van der Waals surface area contributed by atoms with E-state index in [0.717, 1.165) is 22.2 Å². The molecule has 0 saturated carbocycles. The molecule has 1 fully saturated rings. The summed E-state index contributed by atoms with van der Waals surface area (Å²) >= 11 is 6.47. The van der Waals surface area contributed by atoms with Crippen molar-refractivity contribution in [2.24, 2.45) is 12.1 Å². The first kappa shape index (κ1) is 13.3. The second kappa shape index (κ2) is 5.03. The van der Waals surface area contributed by atoms with Gasteiger partial charge in [0.1, 0.15) is 0 Å². The Balaban J connectivity index is 2.05. The molecule has 0 bridgehead atoms. The number of aromatic nitrogens is 1. The zero-order valence-corrected chi connectivity index (χ0v) is 12.8. The number of para-hydroxylation sites is 1. The highest BCUT2D eigenvalue weighted by atomic mass is 32.2. The average molecular weight is 303 g/mol. The second-order valence-electron chi connectivity index (χ2n) is 4.58. The van der Waals surface area contributed by atoms with E-state index in [1.54, 1.807) is 6.21 Å². The lowest BCUT2D eigenvalue weighted by molar-refractivity contribution is -0.123. The van der Waals surface area contributed by atoms with Crippen molar-refractivity contribution in [1.82, 2.24) is 9.58 Å². The van der Waals surface area contributed by atoms with E-state index in [9.17, 15) is 4.79 Å². The predicted molar refractivity (Wildman–Crippen MR) is 87.2 cm³/mol. The molecule has 2 aromatic rings. The number of hydrogen-bond donors (Lipinski definition) is 0. The molecule has 102 valence electrons. The Kier molecular flexibility index (Phi) is 3.35. The van der Waals surface area contributed by atoms with Crippen molar-refractivity contribution in [1.29, 1.82) is 0 Å². The first-order valence-corrected chi connectivity index (χ1v) is 7.56. The fourth-order valence-corrected chi connectivity index (χ4v) is 3.25. The van der Waals surface area contributed by atoms with Crippen LogP contribution >= 0.6 is 24.0 Å². The summed E-state index contributed by atoms with van der Waals surface area (Å²) in [6.07, 6.45) is 1.73. The summed E-state index contributed by atoms with van der Waals surface area (Å²) in [6.45, 7) is 2.04. The standard InChI is InChI=1S/C14H13N3OS2/c1-9-11(7-15-17-13(18)8-20-14(17)19)10-5-3-4-6-12(10)16(9)2/h3-7H,8H2,1-2H3/b15-7-. The number of thiocarbonyl (C=S) groups is 1. The molecule has 4 nitrogen and oxygen atoms in total. The average Bonchev–Trinajstić information content (AvgIpc) is 2.89. The molecule has 20 heavy (non-hydrogen) atoms. The Labute approximate surface area is 126 Å². The van der Waals surface area contributed by atoms with Gasteiger partial charge in [-0.05, 0) is 13.0 Å². The number of thioether (sulfide) groups is 1. The number of fused-ring (bicyclic) bond motifs is 1. The largest absolute Gasteiger partial charge is 0.347 e. The second-order valence-corrected chi connectivity index (χ2v) is 6.19. The van der Waals surface area contributed by atoms with Crippen LogP contribution in [0, 0.1) is 6.92 Å². The quantitative estimate of drug-likeness (QED) is 0.632. The minimum absolute atomic E-state index is 0.0610. The highest BCUT2D eigenvalue weighted by Gasteiger charge is 2.26. The third-order valence-corrected chi connectivity index (χ3v) is 4.82. The predicted octanol–water partition coefficient (Wildman–Crippen LogP) is 2.68. The number of nitrogens with zero attached hydrogens (tertiary/aromatic N) is 3. The molecule has 0 N–H and O–H groups in total. The van der Waals surface area contributed by atoms with Crippen LogP contribution < -0.4 is 0 Å². The lowest BCUT2D eigenvalue weighted by Gasteiger charge is -2.06. The number of benzene rings is 1. The Morgan fingerprint density at radius 1 is 1.40 bits per heavy atom. The van der Waals surface area contributed by atoms with Crippen molar-refractivity contribution in [3.05, 3.63) is 35.5 Å². The highest BCUT2D eigenvalue weighted by molar-refractivity contribution is 8.23. The van der Waals surface area contributed by atoms with Gasteiger partial charge >= 0.3 is 0 Å². The van der Waals surface area contributed by atoms with Crippen molar-refractivity contribution in [2.75, 3.05) is 5.75 Å². The maximum atomic E-state index is 11.7. The molecule has 0 spiro atoms. The molecule has 1 aromatic carbocycles. The lowest BCUT2D eigenvalue weighted by Crippen LogP contribution is -2.22. The summed E-state index contributed by atoms with van der Waals surface area (Å²) < 4.78 is 2.64. The van der Waals surface area contributed by atoms with Crippen LogP contribution in [0.4, 0.5) is 0 Å². The van der Waals surface area contributed by atoms with Crippen LogP contribution in [-0.2, 0) is 11.8 Å². The molecule has 0 radical (unpaired) electrons. The summed E-state index contributed by atoms with van der Waals surface area (Å²) in [6, 6.07) is 8.14. The van der Waals surface area contributed by atoms with Crippen molar-refractivity contribution >= 4 is 51.3 Å². The van der Waals surface area contributed by atoms with Gasteiger partial charge in [0, 0.05) is 29.2 Å². The molecule has 6 heteroatoms. The van der Waals surface area contributed by atoms with Gasteiger partial charge in [-0.3, -0.25) is 4.79 Å². The van der Waals surface area contributed by atoms with Crippen LogP contribution in [0.15, 0.2) is 29.4 Å². The fraction of sp³-hybridized carbons (Fsp3) is 0.214. The first-order valence-electron chi connectivity index (χ1n) is 6.17. The van der Waals surface area contributed by atoms with E-state index in [2.05, 4.69) is 21.8 Å². The molecule has 1 amide bonds. The molecule has 2 heterocycles. The SMILES string of the molecule is Cc1c(/C=N\N2C(=O)CSC2=S)c2ccccc2n1C. The van der Waals surface area contributed by atoms with Gasteiger partial charge in [0.25, 0.3) is 5.91 Å². The number of amides is 1. The Morgan fingerprint density at radius 2 is 2.15 bits per heavy atom. The third kappa shape index (κ3) is 2.05. The maximum Gasteiger partial charge on any atom is 0.259 e. The Hall–Kier alpha value is -1.66. The minimum Gasteiger partial charge on any atom is -0.347 e. The number of hydrazone groups is 1. The number of hydrogen-bond acceptors (Lipinski definition) is 4. The van der Waals surface area contributed by atoms with Crippen molar-refractivity contribution in [2.45, 2.75) is 6.92 Å². The van der Waals surface area contributed by atoms with E-state index in [4.69, 9.17) is 12.2 Å². The zero-order valence-electron chi connectivity index (χ0n) is 11.2. The molecule has 0 atom stereocenters. The molecular formula is C14H13N3OS2. The van der Waals surface area contributed by atoms with E-state index >= 15 is 0 Å². The van der Waals surface area contributed by atoms with Crippen LogP contribution in [0.3, 0.4) is 0 Å². The number of carbonyl (C=O) groups excluding carboxylic acids is 1. The fourth-order valence-electron chi connectivity index (χ4n) is 2.29. The normalized spacial score (nSPS) is 16.0. The number of rotatable bonds is 2. The van der Waals surface area contributed by atoms with Gasteiger partial charge in [-0.1, -0.05) is 42.2 Å². The van der Waals surface area contributed by atoms with Gasteiger partial charge in [-0.15, -0.1) is 0 Å². The lowest BCUT2D eigenvalue weighted by atomic mass is 10.1. The van der Waals surface area contributed by atoms with E-state index < -0.39 is 0 Å². The summed E-state index contributed by atoms with van der Waals surface area (Å²) in [5.41, 5.74) is 3.28. The Bertz CT molecular complexity index is 732. The van der Waals surface area contributed by atoms with Gasteiger partial charge in [0.2, 0.25) is 0 Å². The van der Waals surface area contributed by atoms with Gasteiger partial charge < -0.3 is 4.57 Å². The summed E-state index contributed by atoms with van der Waals surface area (Å²) in [4.78, 5) is 11.7. The van der Waals surface area contributed by atoms with Crippen molar-refractivity contribution in [3.63, 3.8) is 0 Å². The van der Waals surface area contributed by atoms with Crippen LogP contribution in [0.25, 0.3) is 10.9 Å². The van der Waals surface area contributed by atoms with E-state index in [-0.39, 0.29) is 5.91 Å². The van der Waals surface area contributed by atoms with E-state index in [0.29, 0.717) is 10.1 Å². The van der Waals surface area contributed by atoms with E-state index in [1.165, 1.54) is 16.8 Å². The molecule has 1 aliphatic heterocycles. The van der Waals surface area contributed by atoms with Crippen molar-refractivity contribution in [3.8, 4) is 0 Å². The van der Waals surface area contributed by atoms with E-state index in [1.807, 2.05) is 26.1 Å². The Morgan fingerprint density at radius 3 is 2.85 bits per heavy atom. The molecule has 1 aromatic heterocycles. The van der Waals surface area contributed by atoms with Crippen LogP contribution in [0.5, 0.6) is 0 Å². The number of carbonyl (C=O) groups is 1.